The molecule has 1 saturated carbocycles. The highest BCUT2D eigenvalue weighted by Crippen LogP contribution is 2.42. The molecule has 1 aliphatic heterocycles. The van der Waals surface area contributed by atoms with Crippen molar-refractivity contribution in [2.75, 3.05) is 13.1 Å². The van der Waals surface area contributed by atoms with Crippen LogP contribution in [0.4, 0.5) is 0 Å². The molecule has 0 aromatic carbocycles. The standard InChI is InChI=1S/C14H27NO/c1-13(2)7-8-15(10-13)12-9-11(16)5-6-14(12,3)4/h11-12,16H,5-10H2,1-4H3. The van der Waals surface area contributed by atoms with E-state index in [1.807, 2.05) is 0 Å². The first-order valence-electron chi connectivity index (χ1n) is 6.72. The largest absolute Gasteiger partial charge is 0.393 e. The zero-order chi connectivity index (χ0) is 12.0. The van der Waals surface area contributed by atoms with Gasteiger partial charge in [-0.1, -0.05) is 27.7 Å². The third-order valence-corrected chi connectivity index (χ3v) is 4.67. The van der Waals surface area contributed by atoms with Crippen LogP contribution in [-0.2, 0) is 0 Å². The monoisotopic (exact) mass is 225 g/mol. The molecule has 2 aliphatic rings. The van der Waals surface area contributed by atoms with Crippen LogP contribution in [0.3, 0.4) is 0 Å². The maximum atomic E-state index is 9.88. The number of likely N-dealkylation sites (tertiary alicyclic amines) is 1. The van der Waals surface area contributed by atoms with Gasteiger partial charge in [-0.15, -0.1) is 0 Å². The van der Waals surface area contributed by atoms with Gasteiger partial charge in [-0.2, -0.15) is 0 Å². The van der Waals surface area contributed by atoms with Gasteiger partial charge < -0.3 is 5.11 Å². The Balaban J connectivity index is 2.07. The molecule has 94 valence electrons. The molecule has 0 amide bonds. The number of nitrogens with zero attached hydrogens (tertiary/aromatic N) is 1. The molecule has 1 aliphatic carbocycles. The fourth-order valence-corrected chi connectivity index (χ4v) is 3.46. The molecule has 2 fully saturated rings. The molecule has 1 saturated heterocycles. The van der Waals surface area contributed by atoms with Crippen molar-refractivity contribution in [1.29, 1.82) is 0 Å². The summed E-state index contributed by atoms with van der Waals surface area (Å²) in [5, 5.41) is 9.88. The van der Waals surface area contributed by atoms with Crippen LogP contribution in [0.5, 0.6) is 0 Å². The first-order valence-corrected chi connectivity index (χ1v) is 6.72. The number of hydrogen-bond donors (Lipinski definition) is 1. The Bertz CT molecular complexity index is 259. The van der Waals surface area contributed by atoms with Gasteiger partial charge in [-0.05, 0) is 43.1 Å². The quantitative estimate of drug-likeness (QED) is 0.741. The average Bonchev–Trinajstić information content (AvgIpc) is 2.50. The molecule has 1 N–H and O–H groups in total. The summed E-state index contributed by atoms with van der Waals surface area (Å²) in [6.45, 7) is 11.9. The topological polar surface area (TPSA) is 23.5 Å². The van der Waals surface area contributed by atoms with Crippen molar-refractivity contribution in [3.05, 3.63) is 0 Å². The molecule has 0 bridgehead atoms. The van der Waals surface area contributed by atoms with E-state index in [0.717, 1.165) is 19.3 Å². The molecule has 2 unspecified atom stereocenters. The summed E-state index contributed by atoms with van der Waals surface area (Å²) in [4.78, 5) is 2.63. The van der Waals surface area contributed by atoms with E-state index in [-0.39, 0.29) is 6.10 Å². The van der Waals surface area contributed by atoms with E-state index >= 15 is 0 Å². The van der Waals surface area contributed by atoms with Crippen molar-refractivity contribution in [2.45, 2.75) is 65.5 Å². The third kappa shape index (κ3) is 2.43. The minimum Gasteiger partial charge on any atom is -0.393 e. The molecular weight excluding hydrogens is 198 g/mol. The van der Waals surface area contributed by atoms with Gasteiger partial charge in [0.15, 0.2) is 0 Å². The molecule has 2 atom stereocenters. The van der Waals surface area contributed by atoms with Crippen molar-refractivity contribution in [1.82, 2.24) is 4.90 Å². The van der Waals surface area contributed by atoms with Crippen molar-refractivity contribution in [3.8, 4) is 0 Å². The zero-order valence-electron chi connectivity index (χ0n) is 11.3. The van der Waals surface area contributed by atoms with Gasteiger partial charge in [-0.25, -0.2) is 0 Å². The Morgan fingerprint density at radius 2 is 1.81 bits per heavy atom. The lowest BCUT2D eigenvalue weighted by Crippen LogP contribution is -2.49. The van der Waals surface area contributed by atoms with Crippen LogP contribution in [0.15, 0.2) is 0 Å². The molecule has 0 aromatic heterocycles. The SMILES string of the molecule is CC1(C)CCN(C2CC(O)CCC2(C)C)C1. The summed E-state index contributed by atoms with van der Waals surface area (Å²) < 4.78 is 0. The highest BCUT2D eigenvalue weighted by Gasteiger charge is 2.43. The predicted octanol–water partition coefficient (Wildman–Crippen LogP) is 2.66. The maximum Gasteiger partial charge on any atom is 0.0555 e. The van der Waals surface area contributed by atoms with Crippen LogP contribution in [-0.4, -0.2) is 35.2 Å². The van der Waals surface area contributed by atoms with Crippen molar-refractivity contribution in [3.63, 3.8) is 0 Å². The minimum atomic E-state index is -0.0678. The smallest absolute Gasteiger partial charge is 0.0555 e. The van der Waals surface area contributed by atoms with E-state index in [2.05, 4.69) is 32.6 Å². The van der Waals surface area contributed by atoms with E-state index in [1.54, 1.807) is 0 Å². The molecular formula is C14H27NO. The second kappa shape index (κ2) is 3.99. The van der Waals surface area contributed by atoms with Crippen LogP contribution in [0.1, 0.15) is 53.4 Å². The maximum absolute atomic E-state index is 9.88. The second-order valence-electron chi connectivity index (χ2n) is 7.32. The Hall–Kier alpha value is -0.0800. The molecule has 2 rings (SSSR count). The molecule has 2 nitrogen and oxygen atoms in total. The summed E-state index contributed by atoms with van der Waals surface area (Å²) in [5.74, 6) is 0. The van der Waals surface area contributed by atoms with E-state index in [4.69, 9.17) is 0 Å². The molecule has 0 spiro atoms. The molecule has 16 heavy (non-hydrogen) atoms. The number of aliphatic hydroxyl groups is 1. The average molecular weight is 225 g/mol. The van der Waals surface area contributed by atoms with Crippen LogP contribution in [0.2, 0.25) is 0 Å². The Morgan fingerprint density at radius 1 is 1.12 bits per heavy atom. The van der Waals surface area contributed by atoms with Gasteiger partial charge in [-0.3, -0.25) is 4.90 Å². The van der Waals surface area contributed by atoms with Crippen molar-refractivity contribution in [2.24, 2.45) is 10.8 Å². The summed E-state index contributed by atoms with van der Waals surface area (Å²) in [6.07, 6.45) is 4.36. The normalized spacial score (nSPS) is 38.8. The molecule has 2 heteroatoms. The predicted molar refractivity (Wildman–Crippen MR) is 67.4 cm³/mol. The van der Waals surface area contributed by atoms with Gasteiger partial charge in [0, 0.05) is 12.6 Å². The lowest BCUT2D eigenvalue weighted by Gasteiger charge is -2.46. The lowest BCUT2D eigenvalue weighted by molar-refractivity contribution is -0.00536. The molecule has 0 aromatic rings. The van der Waals surface area contributed by atoms with E-state index in [0.29, 0.717) is 16.9 Å². The van der Waals surface area contributed by atoms with Gasteiger partial charge in [0.05, 0.1) is 6.10 Å². The molecule has 1 heterocycles. The fraction of sp³-hybridized carbons (Fsp3) is 1.00. The Labute approximate surface area is 100 Å². The van der Waals surface area contributed by atoms with Gasteiger partial charge in [0.25, 0.3) is 0 Å². The zero-order valence-corrected chi connectivity index (χ0v) is 11.3. The highest BCUT2D eigenvalue weighted by atomic mass is 16.3. The number of aliphatic hydroxyl groups excluding tert-OH is 1. The van der Waals surface area contributed by atoms with Gasteiger partial charge in [0.2, 0.25) is 0 Å². The summed E-state index contributed by atoms with van der Waals surface area (Å²) in [5.41, 5.74) is 0.845. The number of hydrogen-bond acceptors (Lipinski definition) is 2. The van der Waals surface area contributed by atoms with Crippen LogP contribution < -0.4 is 0 Å². The summed E-state index contributed by atoms with van der Waals surface area (Å²) >= 11 is 0. The van der Waals surface area contributed by atoms with Crippen molar-refractivity contribution >= 4 is 0 Å². The van der Waals surface area contributed by atoms with Crippen LogP contribution >= 0.6 is 0 Å². The Kier molecular flexibility index (Phi) is 3.09. The van der Waals surface area contributed by atoms with Gasteiger partial charge >= 0.3 is 0 Å². The first kappa shape index (κ1) is 12.4. The van der Waals surface area contributed by atoms with Gasteiger partial charge in [0.1, 0.15) is 0 Å². The summed E-state index contributed by atoms with van der Waals surface area (Å²) in [6, 6.07) is 0.582. The number of rotatable bonds is 1. The highest BCUT2D eigenvalue weighted by molar-refractivity contribution is 4.96. The van der Waals surface area contributed by atoms with Crippen LogP contribution in [0.25, 0.3) is 0 Å². The van der Waals surface area contributed by atoms with Crippen molar-refractivity contribution < 1.29 is 5.11 Å². The van der Waals surface area contributed by atoms with E-state index < -0.39 is 0 Å². The second-order valence-corrected chi connectivity index (χ2v) is 7.32. The summed E-state index contributed by atoms with van der Waals surface area (Å²) in [7, 11) is 0. The first-order chi connectivity index (χ1) is 7.30. The minimum absolute atomic E-state index is 0.0678. The third-order valence-electron chi connectivity index (χ3n) is 4.67. The van der Waals surface area contributed by atoms with Crippen LogP contribution in [0, 0.1) is 10.8 Å². The van der Waals surface area contributed by atoms with E-state index in [1.165, 1.54) is 19.5 Å². The Morgan fingerprint density at radius 3 is 2.38 bits per heavy atom. The molecule has 0 radical (unpaired) electrons. The fourth-order valence-electron chi connectivity index (χ4n) is 3.46. The lowest BCUT2D eigenvalue weighted by atomic mass is 9.71. The van der Waals surface area contributed by atoms with E-state index in [9.17, 15) is 5.11 Å².